The highest BCUT2D eigenvalue weighted by molar-refractivity contribution is 7.27. The summed E-state index contributed by atoms with van der Waals surface area (Å²) in [6, 6.07) is 39.9. The molecule has 0 saturated heterocycles. The van der Waals surface area contributed by atoms with E-state index in [0.29, 0.717) is 11.3 Å². The van der Waals surface area contributed by atoms with Crippen LogP contribution in [0.4, 0.5) is 0 Å². The third kappa shape index (κ3) is 2.55. The molecule has 190 valence electrons. The Morgan fingerprint density at radius 3 is 2.00 bits per heavy atom. The van der Waals surface area contributed by atoms with Gasteiger partial charge >= 0.3 is 0 Å². The Morgan fingerprint density at radius 2 is 1.17 bits per heavy atom. The lowest BCUT2D eigenvalue weighted by Crippen LogP contribution is -2.16. The van der Waals surface area contributed by atoms with Crippen molar-refractivity contribution in [2.45, 2.75) is 0 Å². The van der Waals surface area contributed by atoms with Crippen molar-refractivity contribution in [3.8, 4) is 5.95 Å². The van der Waals surface area contributed by atoms with Gasteiger partial charge in [0.15, 0.2) is 0 Å². The van der Waals surface area contributed by atoms with Gasteiger partial charge < -0.3 is 0 Å². The molecule has 10 rings (SSSR count). The standard InChI is InChI=1S/C36H19N3OS/c40-35-24-13-4-1-10-20(24)23-16-9-17-27-32(23)39(35)36(37-27)38-28-18-7-5-14-25(28)30-21-11-2-3-12-22(21)31-26-15-6-8-19-29(26)41-34(31)33(30)38/h1-19H. The molecular weight excluding hydrogens is 522 g/mol. The van der Waals surface area contributed by atoms with E-state index in [0.717, 1.165) is 38.2 Å². The van der Waals surface area contributed by atoms with E-state index in [2.05, 4.69) is 83.4 Å². The van der Waals surface area contributed by atoms with Gasteiger partial charge in [0.05, 0.1) is 26.8 Å². The summed E-state index contributed by atoms with van der Waals surface area (Å²) in [7, 11) is 0. The van der Waals surface area contributed by atoms with Crippen LogP contribution in [0.2, 0.25) is 0 Å². The number of thiophene rings is 1. The summed E-state index contributed by atoms with van der Waals surface area (Å²) in [6.07, 6.45) is 0. The number of para-hydroxylation sites is 2. The second kappa shape index (κ2) is 7.47. The van der Waals surface area contributed by atoms with E-state index in [1.54, 1.807) is 0 Å². The van der Waals surface area contributed by atoms with Gasteiger partial charge in [0.1, 0.15) is 0 Å². The van der Waals surface area contributed by atoms with Crippen molar-refractivity contribution in [1.29, 1.82) is 0 Å². The molecule has 0 saturated carbocycles. The van der Waals surface area contributed by atoms with Crippen molar-refractivity contribution >= 4 is 91.3 Å². The molecule has 0 radical (unpaired) electrons. The van der Waals surface area contributed by atoms with E-state index in [1.807, 2.05) is 52.1 Å². The van der Waals surface area contributed by atoms with Gasteiger partial charge in [-0.15, -0.1) is 11.3 Å². The highest BCUT2D eigenvalue weighted by atomic mass is 32.1. The quantitative estimate of drug-likeness (QED) is 0.195. The molecule has 0 atom stereocenters. The van der Waals surface area contributed by atoms with Crippen LogP contribution in [-0.2, 0) is 0 Å². The summed E-state index contributed by atoms with van der Waals surface area (Å²) in [4.78, 5) is 19.5. The minimum absolute atomic E-state index is 0.0453. The zero-order valence-electron chi connectivity index (χ0n) is 21.6. The molecule has 0 N–H and O–H groups in total. The summed E-state index contributed by atoms with van der Waals surface area (Å²) < 4.78 is 6.54. The number of fused-ring (bicyclic) bond motifs is 12. The highest BCUT2D eigenvalue weighted by Gasteiger charge is 2.25. The molecule has 6 aromatic carbocycles. The van der Waals surface area contributed by atoms with Crippen LogP contribution in [0.3, 0.4) is 0 Å². The van der Waals surface area contributed by atoms with E-state index in [9.17, 15) is 4.79 Å². The summed E-state index contributed by atoms with van der Waals surface area (Å²) in [5, 5.41) is 10.0. The molecule has 0 aliphatic rings. The molecule has 0 unspecified atom stereocenters. The Balaban J connectivity index is 1.54. The fourth-order valence-corrected chi connectivity index (χ4v) is 8.29. The van der Waals surface area contributed by atoms with Crippen LogP contribution in [0.25, 0.3) is 85.9 Å². The molecule has 4 heterocycles. The predicted molar refractivity (Wildman–Crippen MR) is 172 cm³/mol. The fourth-order valence-electron chi connectivity index (χ4n) is 7.03. The smallest absolute Gasteiger partial charge is 0.265 e. The average Bonchev–Trinajstić information content (AvgIpc) is 3.70. The molecule has 0 amide bonds. The minimum atomic E-state index is -0.0453. The molecular formula is C36H19N3OS. The normalized spacial score (nSPS) is 12.5. The van der Waals surface area contributed by atoms with Crippen molar-refractivity contribution in [2.24, 2.45) is 0 Å². The summed E-state index contributed by atoms with van der Waals surface area (Å²) in [5.41, 5.74) is 3.78. The molecule has 0 bridgehead atoms. The van der Waals surface area contributed by atoms with Crippen molar-refractivity contribution in [1.82, 2.24) is 14.0 Å². The van der Waals surface area contributed by atoms with Gasteiger partial charge in [-0.2, -0.15) is 0 Å². The first-order valence-corrected chi connectivity index (χ1v) is 14.5. The van der Waals surface area contributed by atoms with Crippen LogP contribution < -0.4 is 5.56 Å². The molecule has 4 nitrogen and oxygen atoms in total. The number of hydrogen-bond donors (Lipinski definition) is 0. The van der Waals surface area contributed by atoms with E-state index < -0.39 is 0 Å². The molecule has 4 aromatic heterocycles. The Bertz CT molecular complexity index is 2780. The number of rotatable bonds is 1. The van der Waals surface area contributed by atoms with Crippen molar-refractivity contribution in [3.05, 3.63) is 126 Å². The Kier molecular flexibility index (Phi) is 3.93. The number of imidazole rings is 1. The van der Waals surface area contributed by atoms with Crippen LogP contribution in [0.5, 0.6) is 0 Å². The van der Waals surface area contributed by atoms with Gasteiger partial charge in [-0.1, -0.05) is 91.0 Å². The van der Waals surface area contributed by atoms with Gasteiger partial charge in [0.2, 0.25) is 5.95 Å². The van der Waals surface area contributed by atoms with Gasteiger partial charge in [0.25, 0.3) is 5.56 Å². The van der Waals surface area contributed by atoms with Gasteiger partial charge in [-0.3, -0.25) is 9.36 Å². The maximum atomic E-state index is 14.3. The summed E-state index contributed by atoms with van der Waals surface area (Å²) >= 11 is 1.81. The number of nitrogens with zero attached hydrogens (tertiary/aromatic N) is 3. The Labute approximate surface area is 236 Å². The van der Waals surface area contributed by atoms with E-state index in [-0.39, 0.29) is 5.56 Å². The van der Waals surface area contributed by atoms with Gasteiger partial charge in [0, 0.05) is 37.0 Å². The Hall–Kier alpha value is -5.26. The highest BCUT2D eigenvalue weighted by Crippen LogP contribution is 2.47. The second-order valence-corrected chi connectivity index (χ2v) is 11.7. The monoisotopic (exact) mass is 541 g/mol. The van der Waals surface area contributed by atoms with Crippen molar-refractivity contribution in [3.63, 3.8) is 0 Å². The first kappa shape index (κ1) is 21.5. The minimum Gasteiger partial charge on any atom is -0.277 e. The fraction of sp³-hybridized carbons (Fsp3) is 0. The largest absolute Gasteiger partial charge is 0.277 e. The molecule has 0 spiro atoms. The first-order valence-electron chi connectivity index (χ1n) is 13.7. The molecule has 0 aliphatic heterocycles. The van der Waals surface area contributed by atoms with E-state index >= 15 is 0 Å². The van der Waals surface area contributed by atoms with Gasteiger partial charge in [-0.25, -0.2) is 9.38 Å². The zero-order chi connectivity index (χ0) is 26.8. The average molecular weight is 542 g/mol. The lowest BCUT2D eigenvalue weighted by molar-refractivity contribution is 0.972. The maximum Gasteiger partial charge on any atom is 0.265 e. The van der Waals surface area contributed by atoms with Gasteiger partial charge in [-0.05, 0) is 40.4 Å². The topological polar surface area (TPSA) is 39.3 Å². The number of hydrogen-bond acceptors (Lipinski definition) is 3. The van der Waals surface area contributed by atoms with E-state index in [4.69, 9.17) is 4.98 Å². The summed E-state index contributed by atoms with van der Waals surface area (Å²) in [5.74, 6) is 0.632. The molecule has 0 aliphatic carbocycles. The van der Waals surface area contributed by atoms with Crippen LogP contribution in [0.15, 0.2) is 120 Å². The molecule has 10 aromatic rings. The number of benzene rings is 6. The zero-order valence-corrected chi connectivity index (χ0v) is 22.4. The van der Waals surface area contributed by atoms with Crippen LogP contribution >= 0.6 is 11.3 Å². The molecule has 41 heavy (non-hydrogen) atoms. The first-order chi connectivity index (χ1) is 20.3. The number of pyridine rings is 1. The summed E-state index contributed by atoms with van der Waals surface area (Å²) in [6.45, 7) is 0. The second-order valence-electron chi connectivity index (χ2n) is 10.7. The SMILES string of the molecule is O=c1c2ccccc2c2cccc3nc(-n4c5ccccc5c5c6ccccc6c6c7ccccc7sc6c54)n1c32. The molecule has 0 fully saturated rings. The van der Waals surface area contributed by atoms with Crippen LogP contribution in [0, 0.1) is 0 Å². The lowest BCUT2D eigenvalue weighted by atomic mass is 9.99. The third-order valence-electron chi connectivity index (χ3n) is 8.66. The Morgan fingerprint density at radius 1 is 0.537 bits per heavy atom. The van der Waals surface area contributed by atoms with Crippen LogP contribution in [0.1, 0.15) is 0 Å². The predicted octanol–water partition coefficient (Wildman–Crippen LogP) is 9.06. The number of aromatic nitrogens is 3. The van der Waals surface area contributed by atoms with Crippen molar-refractivity contribution in [2.75, 3.05) is 0 Å². The third-order valence-corrected chi connectivity index (χ3v) is 9.84. The van der Waals surface area contributed by atoms with Crippen molar-refractivity contribution < 1.29 is 0 Å². The van der Waals surface area contributed by atoms with Crippen LogP contribution in [-0.4, -0.2) is 14.0 Å². The lowest BCUT2D eigenvalue weighted by Gasteiger charge is -2.10. The molecule has 5 heteroatoms. The van der Waals surface area contributed by atoms with E-state index in [1.165, 1.54) is 36.3 Å². The maximum absolute atomic E-state index is 14.3.